The molecule has 0 bridgehead atoms. The Bertz CT molecular complexity index is 616. The van der Waals surface area contributed by atoms with Gasteiger partial charge in [-0.05, 0) is 31.9 Å². The zero-order valence-electron chi connectivity index (χ0n) is 15.9. The summed E-state index contributed by atoms with van der Waals surface area (Å²) in [6.45, 7) is 5.02. The quantitative estimate of drug-likeness (QED) is 0.375. The number of anilines is 1. The first kappa shape index (κ1) is 22.3. The van der Waals surface area contributed by atoms with Crippen LogP contribution in [0, 0.1) is 0 Å². The number of aliphatic imine (C=N–C) groups is 1. The van der Waals surface area contributed by atoms with Gasteiger partial charge in [-0.3, -0.25) is 9.78 Å². The Morgan fingerprint density at radius 1 is 1.37 bits per heavy atom. The minimum atomic E-state index is -0.118. The molecule has 1 saturated carbocycles. The highest BCUT2D eigenvalue weighted by Crippen LogP contribution is 2.42. The van der Waals surface area contributed by atoms with Crippen molar-refractivity contribution in [2.24, 2.45) is 4.99 Å². The van der Waals surface area contributed by atoms with Gasteiger partial charge in [0, 0.05) is 36.3 Å². The highest BCUT2D eigenvalue weighted by Gasteiger charge is 2.38. The number of guanidine groups is 1. The lowest BCUT2D eigenvalue weighted by Crippen LogP contribution is -2.53. The zero-order chi connectivity index (χ0) is 18.2. The van der Waals surface area contributed by atoms with Gasteiger partial charge in [0.05, 0.1) is 11.9 Å². The van der Waals surface area contributed by atoms with Crippen molar-refractivity contribution in [2.75, 3.05) is 37.2 Å². The zero-order valence-corrected chi connectivity index (χ0v) is 19.1. The Labute approximate surface area is 183 Å². The summed E-state index contributed by atoms with van der Waals surface area (Å²) in [5.74, 6) is 1.87. The van der Waals surface area contributed by atoms with Gasteiger partial charge in [-0.2, -0.15) is 11.8 Å². The van der Waals surface area contributed by atoms with Crippen LogP contribution in [-0.4, -0.2) is 58.4 Å². The molecule has 1 aliphatic carbocycles. The molecule has 1 saturated heterocycles. The van der Waals surface area contributed by atoms with E-state index in [2.05, 4.69) is 44.2 Å². The summed E-state index contributed by atoms with van der Waals surface area (Å²) in [5, 5.41) is 6.21. The molecule has 0 aromatic carbocycles. The molecule has 2 heterocycles. The van der Waals surface area contributed by atoms with Gasteiger partial charge in [-0.25, -0.2) is 4.99 Å². The van der Waals surface area contributed by atoms with Crippen LogP contribution in [0.4, 0.5) is 5.69 Å². The van der Waals surface area contributed by atoms with Crippen molar-refractivity contribution in [3.05, 3.63) is 24.5 Å². The molecule has 0 radical (unpaired) electrons. The number of carbonyl (C=O) groups excluding carboxylic acids is 1. The van der Waals surface area contributed by atoms with E-state index in [1.54, 1.807) is 18.5 Å². The van der Waals surface area contributed by atoms with Gasteiger partial charge >= 0.3 is 0 Å². The van der Waals surface area contributed by atoms with E-state index in [0.29, 0.717) is 10.4 Å². The molecular weight excluding hydrogens is 473 g/mol. The van der Waals surface area contributed by atoms with Crippen LogP contribution >= 0.6 is 35.7 Å². The Morgan fingerprint density at radius 3 is 2.89 bits per heavy atom. The van der Waals surface area contributed by atoms with Crippen molar-refractivity contribution in [1.82, 2.24) is 15.2 Å². The molecule has 1 amide bonds. The summed E-state index contributed by atoms with van der Waals surface area (Å²) in [6, 6.07) is 3.63. The Balaban J connectivity index is 0.00000261. The SMILES string of the molecule is CCNC(=NCC(=O)Nc1cccnc1)N1CCSC2(CCCCC2)C1.I. The minimum Gasteiger partial charge on any atom is -0.357 e. The fourth-order valence-electron chi connectivity index (χ4n) is 3.73. The summed E-state index contributed by atoms with van der Waals surface area (Å²) >= 11 is 2.14. The third-order valence-corrected chi connectivity index (χ3v) is 6.50. The minimum absolute atomic E-state index is 0. The molecule has 150 valence electrons. The topological polar surface area (TPSA) is 69.6 Å². The molecule has 8 heteroatoms. The number of halogens is 1. The summed E-state index contributed by atoms with van der Waals surface area (Å²) in [6.07, 6.45) is 9.97. The smallest absolute Gasteiger partial charge is 0.246 e. The number of nitrogens with one attached hydrogen (secondary N) is 2. The van der Waals surface area contributed by atoms with E-state index in [1.165, 1.54) is 32.1 Å². The van der Waals surface area contributed by atoms with Crippen molar-refractivity contribution in [1.29, 1.82) is 0 Å². The molecule has 2 N–H and O–H groups in total. The van der Waals surface area contributed by atoms with Crippen molar-refractivity contribution in [3.63, 3.8) is 0 Å². The molecule has 1 spiro atoms. The molecule has 1 aromatic rings. The maximum absolute atomic E-state index is 12.2. The van der Waals surface area contributed by atoms with Gasteiger partial charge in [0.2, 0.25) is 5.91 Å². The Morgan fingerprint density at radius 2 is 2.19 bits per heavy atom. The molecular formula is C19H30IN5OS. The number of hydrogen-bond acceptors (Lipinski definition) is 4. The molecule has 0 atom stereocenters. The standard InChI is InChI=1S/C19H29N5OS.HI/c1-2-21-18(22-14-17(25)23-16-7-6-10-20-13-16)24-11-12-26-19(15-24)8-4-3-5-9-19;/h6-7,10,13H,2-5,8-9,11-12,14-15H2,1H3,(H,21,22)(H,23,25);1H. The van der Waals surface area contributed by atoms with E-state index in [1.807, 2.05) is 6.07 Å². The highest BCUT2D eigenvalue weighted by molar-refractivity contribution is 14.0. The summed E-state index contributed by atoms with van der Waals surface area (Å²) in [4.78, 5) is 23.2. The molecule has 3 rings (SSSR count). The number of hydrogen-bond donors (Lipinski definition) is 2. The Kier molecular flexibility index (Phi) is 9.14. The average molecular weight is 503 g/mol. The molecule has 0 unspecified atom stereocenters. The number of pyridine rings is 1. The van der Waals surface area contributed by atoms with Gasteiger partial charge in [0.25, 0.3) is 0 Å². The number of carbonyl (C=O) groups is 1. The van der Waals surface area contributed by atoms with Crippen LogP contribution in [0.1, 0.15) is 39.0 Å². The van der Waals surface area contributed by atoms with E-state index in [9.17, 15) is 4.79 Å². The van der Waals surface area contributed by atoms with Crippen molar-refractivity contribution >= 4 is 53.3 Å². The fourth-order valence-corrected chi connectivity index (χ4v) is 5.30. The lowest BCUT2D eigenvalue weighted by Gasteiger charge is -2.45. The fraction of sp³-hybridized carbons (Fsp3) is 0.632. The first-order chi connectivity index (χ1) is 12.7. The van der Waals surface area contributed by atoms with Crippen LogP contribution in [0.25, 0.3) is 0 Å². The molecule has 6 nitrogen and oxygen atoms in total. The summed E-state index contributed by atoms with van der Waals surface area (Å²) < 4.78 is 0.380. The predicted molar refractivity (Wildman–Crippen MR) is 124 cm³/mol. The van der Waals surface area contributed by atoms with Gasteiger partial charge in [-0.1, -0.05) is 19.3 Å². The van der Waals surface area contributed by atoms with Crippen molar-refractivity contribution < 1.29 is 4.79 Å². The first-order valence-electron chi connectivity index (χ1n) is 9.58. The van der Waals surface area contributed by atoms with E-state index in [0.717, 1.165) is 31.3 Å². The predicted octanol–water partition coefficient (Wildman–Crippen LogP) is 3.36. The van der Waals surface area contributed by atoms with E-state index in [4.69, 9.17) is 0 Å². The monoisotopic (exact) mass is 503 g/mol. The van der Waals surface area contributed by atoms with Crippen LogP contribution in [0.5, 0.6) is 0 Å². The number of thioether (sulfide) groups is 1. The largest absolute Gasteiger partial charge is 0.357 e. The van der Waals surface area contributed by atoms with Crippen LogP contribution < -0.4 is 10.6 Å². The van der Waals surface area contributed by atoms with Crippen molar-refractivity contribution in [2.45, 2.75) is 43.8 Å². The normalized spacial score (nSPS) is 19.3. The van der Waals surface area contributed by atoms with Crippen LogP contribution in [0.15, 0.2) is 29.5 Å². The van der Waals surface area contributed by atoms with E-state index in [-0.39, 0.29) is 36.4 Å². The third-order valence-electron chi connectivity index (χ3n) is 4.97. The number of aromatic nitrogens is 1. The molecule has 27 heavy (non-hydrogen) atoms. The third kappa shape index (κ3) is 6.51. The van der Waals surface area contributed by atoms with Gasteiger partial charge in [0.15, 0.2) is 5.96 Å². The maximum Gasteiger partial charge on any atom is 0.246 e. The Hall–Kier alpha value is -1.03. The number of nitrogens with zero attached hydrogens (tertiary/aromatic N) is 3. The van der Waals surface area contributed by atoms with E-state index < -0.39 is 0 Å². The highest BCUT2D eigenvalue weighted by atomic mass is 127. The average Bonchev–Trinajstić information content (AvgIpc) is 2.66. The van der Waals surface area contributed by atoms with Crippen LogP contribution in [0.3, 0.4) is 0 Å². The molecule has 1 aromatic heterocycles. The number of rotatable bonds is 4. The lowest BCUT2D eigenvalue weighted by atomic mass is 9.87. The van der Waals surface area contributed by atoms with Crippen molar-refractivity contribution in [3.8, 4) is 0 Å². The molecule has 2 fully saturated rings. The van der Waals surface area contributed by atoms with E-state index >= 15 is 0 Å². The second kappa shape index (κ2) is 11.1. The van der Waals surface area contributed by atoms with Gasteiger partial charge in [-0.15, -0.1) is 24.0 Å². The lowest BCUT2D eigenvalue weighted by molar-refractivity contribution is -0.114. The van der Waals surface area contributed by atoms with Crippen LogP contribution in [0.2, 0.25) is 0 Å². The summed E-state index contributed by atoms with van der Waals surface area (Å²) in [5.41, 5.74) is 0.702. The molecule has 2 aliphatic rings. The van der Waals surface area contributed by atoms with Crippen LogP contribution in [-0.2, 0) is 4.79 Å². The van der Waals surface area contributed by atoms with Gasteiger partial charge < -0.3 is 15.5 Å². The maximum atomic E-state index is 12.2. The first-order valence-corrected chi connectivity index (χ1v) is 10.6. The second-order valence-corrected chi connectivity index (χ2v) is 8.54. The number of amides is 1. The molecule has 1 aliphatic heterocycles. The van der Waals surface area contributed by atoms with Gasteiger partial charge in [0.1, 0.15) is 6.54 Å². The second-order valence-electron chi connectivity index (χ2n) is 6.97. The summed E-state index contributed by atoms with van der Waals surface area (Å²) in [7, 11) is 0.